The molecule has 2 aliphatic heterocycles. The number of allylic oxidation sites excluding steroid dienone is 1. The number of fused-ring (bicyclic) bond motifs is 3. The van der Waals surface area contributed by atoms with Crippen molar-refractivity contribution in [2.75, 3.05) is 6.54 Å². The minimum atomic E-state index is -1.39. The predicted octanol–water partition coefficient (Wildman–Crippen LogP) is 4.70. The maximum Gasteiger partial charge on any atom is 0.408 e. The van der Waals surface area contributed by atoms with E-state index < -0.39 is 53.2 Å². The average Bonchev–Trinajstić information content (AvgIpc) is 3.49. The van der Waals surface area contributed by atoms with Gasteiger partial charge in [-0.15, -0.1) is 0 Å². The van der Waals surface area contributed by atoms with Gasteiger partial charge in [-0.05, 0) is 62.8 Å². The van der Waals surface area contributed by atoms with Crippen molar-refractivity contribution in [3.63, 3.8) is 0 Å². The van der Waals surface area contributed by atoms with Crippen LogP contribution in [0.2, 0.25) is 0 Å². The van der Waals surface area contributed by atoms with Crippen molar-refractivity contribution in [3.8, 4) is 0 Å². The Morgan fingerprint density at radius 1 is 1.09 bits per heavy atom. The molecule has 5 atom stereocenters. The van der Waals surface area contributed by atoms with Crippen molar-refractivity contribution in [2.24, 2.45) is 5.92 Å². The summed E-state index contributed by atoms with van der Waals surface area (Å²) in [6.07, 6.45) is 6.72. The Hall–Kier alpha value is -3.92. The fraction of sp³-hybridized carbons (Fsp3) is 0.529. The maximum absolute atomic E-state index is 14.1. The third kappa shape index (κ3) is 7.23. The number of hydrogen-bond donors (Lipinski definition) is 3. The van der Waals surface area contributed by atoms with Gasteiger partial charge >= 0.3 is 12.1 Å². The molecule has 3 N–H and O–H groups in total. The normalized spacial score (nSPS) is 28.6. The molecule has 1 aliphatic carbocycles. The number of ether oxygens (including phenoxy) is 2. The van der Waals surface area contributed by atoms with Crippen molar-refractivity contribution >= 4 is 34.6 Å². The van der Waals surface area contributed by atoms with E-state index in [4.69, 9.17) is 9.47 Å². The number of carbonyl (C=O) groups is 4. The van der Waals surface area contributed by atoms with Crippen LogP contribution in [0.4, 0.5) is 4.79 Å². The summed E-state index contributed by atoms with van der Waals surface area (Å²) in [7, 11) is 0. The molecule has 10 heteroatoms. The predicted molar refractivity (Wildman–Crippen MR) is 165 cm³/mol. The number of benzene rings is 2. The van der Waals surface area contributed by atoms with E-state index in [2.05, 4.69) is 10.6 Å². The number of rotatable bonds is 5. The molecule has 5 rings (SSSR count). The molecule has 2 fully saturated rings. The summed E-state index contributed by atoms with van der Waals surface area (Å²) < 4.78 is 11.8. The second-order valence-electron chi connectivity index (χ2n) is 13.2. The molecule has 3 amide bonds. The van der Waals surface area contributed by atoms with E-state index in [9.17, 15) is 24.3 Å². The van der Waals surface area contributed by atoms with Crippen LogP contribution in [0.1, 0.15) is 71.3 Å². The fourth-order valence-electron chi connectivity index (χ4n) is 6.26. The molecule has 2 heterocycles. The van der Waals surface area contributed by atoms with Gasteiger partial charge in [0.2, 0.25) is 11.8 Å². The topological polar surface area (TPSA) is 134 Å². The SMILES string of the molecule is CC(C)(C)OC(=O)N[C@H]1CCCCC/C=C\[C@@H]2C[C@@]2(C(=O)O)NC(=O)[C@@H]2C[C@@H](OCc3cccc4ccccc34)CN2C1=O. The third-order valence-corrected chi connectivity index (χ3v) is 8.67. The minimum Gasteiger partial charge on any atom is -0.479 e. The van der Waals surface area contributed by atoms with Crippen molar-refractivity contribution in [3.05, 3.63) is 60.2 Å². The number of carbonyl (C=O) groups excluding carboxylic acids is 3. The van der Waals surface area contributed by atoms with Gasteiger partial charge in [0.15, 0.2) is 0 Å². The fourth-order valence-corrected chi connectivity index (χ4v) is 6.26. The van der Waals surface area contributed by atoms with Crippen molar-refractivity contribution in [1.29, 1.82) is 0 Å². The first-order valence-electron chi connectivity index (χ1n) is 15.6. The molecule has 0 radical (unpaired) electrons. The number of amides is 3. The summed E-state index contributed by atoms with van der Waals surface area (Å²) in [5, 5.41) is 17.7. The van der Waals surface area contributed by atoms with Gasteiger partial charge < -0.3 is 30.1 Å². The summed E-state index contributed by atoms with van der Waals surface area (Å²) in [6.45, 7) is 5.67. The molecule has 236 valence electrons. The zero-order valence-electron chi connectivity index (χ0n) is 25.7. The van der Waals surface area contributed by atoms with Crippen LogP contribution in [-0.4, -0.2) is 69.8 Å². The van der Waals surface area contributed by atoms with Crippen LogP contribution < -0.4 is 10.6 Å². The van der Waals surface area contributed by atoms with E-state index in [1.807, 2.05) is 54.6 Å². The maximum atomic E-state index is 14.1. The highest BCUT2D eigenvalue weighted by Gasteiger charge is 2.61. The van der Waals surface area contributed by atoms with Crippen LogP contribution in [0, 0.1) is 5.92 Å². The Labute approximate surface area is 258 Å². The lowest BCUT2D eigenvalue weighted by Gasteiger charge is -2.30. The summed E-state index contributed by atoms with van der Waals surface area (Å²) in [5.41, 5.74) is -1.15. The number of alkyl carbamates (subject to hydrolysis) is 1. The Balaban J connectivity index is 1.39. The molecule has 0 bridgehead atoms. The first kappa shape index (κ1) is 31.5. The number of carboxylic acid groups (broad SMARTS) is 1. The zero-order chi connectivity index (χ0) is 31.5. The van der Waals surface area contributed by atoms with Gasteiger partial charge in [-0.2, -0.15) is 0 Å². The van der Waals surface area contributed by atoms with E-state index in [1.54, 1.807) is 20.8 Å². The summed E-state index contributed by atoms with van der Waals surface area (Å²) in [4.78, 5) is 54.4. The number of carboxylic acids is 1. The minimum absolute atomic E-state index is 0.136. The first-order valence-corrected chi connectivity index (χ1v) is 15.6. The summed E-state index contributed by atoms with van der Waals surface area (Å²) >= 11 is 0. The molecular formula is C34H43N3O7. The van der Waals surface area contributed by atoms with Gasteiger partial charge in [-0.3, -0.25) is 9.59 Å². The monoisotopic (exact) mass is 605 g/mol. The van der Waals surface area contributed by atoms with Crippen LogP contribution in [0.3, 0.4) is 0 Å². The highest BCUT2D eigenvalue weighted by molar-refractivity contribution is 5.96. The molecule has 10 nitrogen and oxygen atoms in total. The molecule has 44 heavy (non-hydrogen) atoms. The van der Waals surface area contributed by atoms with Crippen LogP contribution in [0.25, 0.3) is 10.8 Å². The number of nitrogens with one attached hydrogen (secondary N) is 2. The van der Waals surface area contributed by atoms with E-state index in [1.165, 1.54) is 4.90 Å². The standard InChI is InChI=1S/C34H43N3O7/c1-33(2,3)44-32(42)35-27-17-8-6-4-5-7-15-24-19-34(24,31(40)41)36-29(38)28-18-25(20-37(28)30(27)39)43-21-23-14-11-13-22-12-9-10-16-26(22)23/h7,9-16,24-25,27-28H,4-6,8,17-21H2,1-3H3,(H,35,42)(H,36,38)(H,40,41)/b15-7-/t24-,25-,27+,28+,34-/m1/s1. The lowest BCUT2D eigenvalue weighted by molar-refractivity contribution is -0.145. The van der Waals surface area contributed by atoms with E-state index in [0.29, 0.717) is 19.3 Å². The molecule has 2 aromatic rings. The Kier molecular flexibility index (Phi) is 9.29. The van der Waals surface area contributed by atoms with Gasteiger partial charge in [0.05, 0.1) is 12.7 Å². The van der Waals surface area contributed by atoms with Gasteiger partial charge in [-0.1, -0.05) is 67.5 Å². The second kappa shape index (κ2) is 13.0. The highest BCUT2D eigenvalue weighted by atomic mass is 16.6. The summed E-state index contributed by atoms with van der Waals surface area (Å²) in [5.74, 6) is -2.33. The van der Waals surface area contributed by atoms with Crippen LogP contribution in [0.5, 0.6) is 0 Å². The largest absolute Gasteiger partial charge is 0.479 e. The average molecular weight is 606 g/mol. The molecule has 0 aromatic heterocycles. The molecule has 2 aromatic carbocycles. The number of aliphatic carboxylic acids is 1. The Bertz CT molecular complexity index is 1430. The zero-order valence-corrected chi connectivity index (χ0v) is 25.7. The van der Waals surface area contributed by atoms with Crippen LogP contribution in [-0.2, 0) is 30.5 Å². The Morgan fingerprint density at radius 2 is 1.86 bits per heavy atom. The van der Waals surface area contributed by atoms with Crippen molar-refractivity contribution in [1.82, 2.24) is 15.5 Å². The quantitative estimate of drug-likeness (QED) is 0.421. The smallest absolute Gasteiger partial charge is 0.408 e. The van der Waals surface area contributed by atoms with Crippen LogP contribution in [0.15, 0.2) is 54.6 Å². The summed E-state index contributed by atoms with van der Waals surface area (Å²) in [6, 6.07) is 12.2. The van der Waals surface area contributed by atoms with Crippen molar-refractivity contribution < 1.29 is 33.8 Å². The lowest BCUT2D eigenvalue weighted by atomic mass is 10.0. The first-order chi connectivity index (χ1) is 21.0. The number of nitrogens with zero attached hydrogens (tertiary/aromatic N) is 1. The molecule has 0 unspecified atom stereocenters. The van der Waals surface area contributed by atoms with E-state index in [0.717, 1.165) is 35.6 Å². The lowest BCUT2D eigenvalue weighted by Crippen LogP contribution is -2.56. The van der Waals surface area contributed by atoms with Crippen molar-refractivity contribution in [2.45, 2.75) is 102 Å². The molecule has 1 saturated carbocycles. The van der Waals surface area contributed by atoms with Gasteiger partial charge in [-0.25, -0.2) is 9.59 Å². The molecule has 0 spiro atoms. The molecule has 1 saturated heterocycles. The van der Waals surface area contributed by atoms with E-state index in [-0.39, 0.29) is 25.5 Å². The Morgan fingerprint density at radius 3 is 2.64 bits per heavy atom. The van der Waals surface area contributed by atoms with Gasteiger partial charge in [0.25, 0.3) is 0 Å². The third-order valence-electron chi connectivity index (χ3n) is 8.67. The van der Waals surface area contributed by atoms with Gasteiger partial charge in [0, 0.05) is 18.9 Å². The highest BCUT2D eigenvalue weighted by Crippen LogP contribution is 2.45. The van der Waals surface area contributed by atoms with E-state index >= 15 is 0 Å². The molecular weight excluding hydrogens is 562 g/mol. The number of hydrogen-bond acceptors (Lipinski definition) is 6. The molecule has 3 aliphatic rings. The second-order valence-corrected chi connectivity index (χ2v) is 13.2. The van der Waals surface area contributed by atoms with Gasteiger partial charge in [0.1, 0.15) is 23.2 Å². The van der Waals surface area contributed by atoms with Crippen LogP contribution >= 0.6 is 0 Å².